The normalized spacial score (nSPS) is 19.4. The lowest BCUT2D eigenvalue weighted by Crippen LogP contribution is -2.35. The predicted molar refractivity (Wildman–Crippen MR) is 181 cm³/mol. The summed E-state index contributed by atoms with van der Waals surface area (Å²) >= 11 is 0. The van der Waals surface area contributed by atoms with Gasteiger partial charge in [-0.15, -0.1) is 0 Å². The summed E-state index contributed by atoms with van der Waals surface area (Å²) in [6.45, 7) is 9.35. The van der Waals surface area contributed by atoms with Crippen molar-refractivity contribution < 1.29 is 14.2 Å². The lowest BCUT2D eigenvalue weighted by molar-refractivity contribution is 0.322. The Hall–Kier alpha value is -5.40. The maximum atomic E-state index is 9.72. The minimum atomic E-state index is 0.00162. The number of fused-ring (bicyclic) bond motifs is 3. The maximum Gasteiger partial charge on any atom is 0.140 e. The third-order valence-corrected chi connectivity index (χ3v) is 9.28. The van der Waals surface area contributed by atoms with Crippen LogP contribution in [0.25, 0.3) is 11.1 Å². The van der Waals surface area contributed by atoms with Gasteiger partial charge in [-0.25, -0.2) is 0 Å². The highest BCUT2D eigenvalue weighted by Crippen LogP contribution is 2.47. The molecule has 7 nitrogen and oxygen atoms in total. The number of nitriles is 2. The number of allylic oxidation sites excluding steroid dienone is 10. The molecule has 0 aromatic heterocycles. The minimum Gasteiger partial charge on any atom is -0.457 e. The van der Waals surface area contributed by atoms with E-state index in [0.717, 1.165) is 78.4 Å². The van der Waals surface area contributed by atoms with E-state index in [1.807, 2.05) is 43.5 Å². The predicted octanol–water partition coefficient (Wildman–Crippen LogP) is 8.04. The number of aryl methyl sites for hydroxylation is 1. The van der Waals surface area contributed by atoms with E-state index >= 15 is 0 Å². The van der Waals surface area contributed by atoms with E-state index in [2.05, 4.69) is 48.8 Å². The van der Waals surface area contributed by atoms with Crippen molar-refractivity contribution in [2.75, 3.05) is 36.5 Å². The zero-order valence-electron chi connectivity index (χ0n) is 26.7. The molecule has 230 valence electrons. The van der Waals surface area contributed by atoms with Gasteiger partial charge < -0.3 is 24.0 Å². The van der Waals surface area contributed by atoms with Gasteiger partial charge in [0.2, 0.25) is 0 Å². The molecule has 0 bridgehead atoms. The van der Waals surface area contributed by atoms with E-state index in [0.29, 0.717) is 28.6 Å². The number of nitrogens with zero attached hydrogens (tertiary/aromatic N) is 4. The Kier molecular flexibility index (Phi) is 7.54. The molecule has 0 spiro atoms. The molecule has 0 amide bonds. The van der Waals surface area contributed by atoms with Crippen LogP contribution in [0.2, 0.25) is 0 Å². The molecule has 0 atom stereocenters. The van der Waals surface area contributed by atoms with Gasteiger partial charge in [-0.05, 0) is 106 Å². The molecule has 0 aliphatic carbocycles. The third-order valence-electron chi connectivity index (χ3n) is 9.28. The molecule has 0 saturated carbocycles. The molecule has 5 aliphatic rings. The zero-order valence-corrected chi connectivity index (χ0v) is 26.7. The summed E-state index contributed by atoms with van der Waals surface area (Å²) < 4.78 is 19.3. The molecule has 0 fully saturated rings. The van der Waals surface area contributed by atoms with Crippen LogP contribution in [0, 0.1) is 22.7 Å². The van der Waals surface area contributed by atoms with Crippen LogP contribution in [0.3, 0.4) is 0 Å². The summed E-state index contributed by atoms with van der Waals surface area (Å²) in [7, 11) is 2.05. The van der Waals surface area contributed by atoms with Gasteiger partial charge in [-0.1, -0.05) is 0 Å². The standard InChI is InChI=1S/C39H36N4O3/c1-5-42(4)29-10-11-34-24(2)14-30(45-37(34)19-29)20-32-16-27(28(22-40)23-41)17-33(44-32)21-31-15-25(3)36-18-26-8-6-12-43-13-7-9-35(38(26)43)39(36)46-31/h10-11,14-21H,5-9,12-13H2,1-4H3/b30-20-,31-21+. The molecular formula is C39H36N4O3. The monoisotopic (exact) mass is 608 g/mol. The largest absolute Gasteiger partial charge is 0.457 e. The fourth-order valence-corrected chi connectivity index (χ4v) is 6.87. The molecule has 7 heteroatoms. The fourth-order valence-electron chi connectivity index (χ4n) is 6.87. The number of hydrogen-bond donors (Lipinski definition) is 0. The summed E-state index contributed by atoms with van der Waals surface area (Å²) in [6.07, 6.45) is 15.4. The van der Waals surface area contributed by atoms with Crippen molar-refractivity contribution in [3.05, 3.63) is 117 Å². The van der Waals surface area contributed by atoms with Crippen molar-refractivity contribution in [2.45, 2.75) is 46.5 Å². The topological polar surface area (TPSA) is 81.8 Å². The second-order valence-electron chi connectivity index (χ2n) is 12.3. The Morgan fingerprint density at radius 3 is 2.24 bits per heavy atom. The van der Waals surface area contributed by atoms with Crippen molar-refractivity contribution in [1.82, 2.24) is 0 Å². The Bertz CT molecular complexity index is 1950. The molecule has 0 unspecified atom stereocenters. The number of ether oxygens (including phenoxy) is 3. The lowest BCUT2D eigenvalue weighted by Gasteiger charge is -2.39. The Morgan fingerprint density at radius 2 is 1.54 bits per heavy atom. The number of hydrogen-bond acceptors (Lipinski definition) is 7. The van der Waals surface area contributed by atoms with E-state index in [-0.39, 0.29) is 5.57 Å². The molecule has 0 N–H and O–H groups in total. The highest BCUT2D eigenvalue weighted by molar-refractivity contribution is 5.81. The summed E-state index contributed by atoms with van der Waals surface area (Å²) in [4.78, 5) is 4.67. The van der Waals surface area contributed by atoms with Crippen LogP contribution in [0.1, 0.15) is 55.9 Å². The van der Waals surface area contributed by atoms with Gasteiger partial charge >= 0.3 is 0 Å². The van der Waals surface area contributed by atoms with Crippen molar-refractivity contribution in [1.29, 1.82) is 10.5 Å². The fraction of sp³-hybridized carbons (Fsp3) is 0.282. The van der Waals surface area contributed by atoms with Crippen molar-refractivity contribution in [3.8, 4) is 23.6 Å². The van der Waals surface area contributed by atoms with Crippen LogP contribution in [0.5, 0.6) is 11.5 Å². The van der Waals surface area contributed by atoms with Crippen molar-refractivity contribution in [3.63, 3.8) is 0 Å². The summed E-state index contributed by atoms with van der Waals surface area (Å²) in [5.41, 5.74) is 10.0. The third kappa shape index (κ3) is 5.29. The van der Waals surface area contributed by atoms with Crippen LogP contribution in [0.4, 0.5) is 11.4 Å². The van der Waals surface area contributed by atoms with Gasteiger partial charge in [0.15, 0.2) is 0 Å². The second-order valence-corrected chi connectivity index (χ2v) is 12.3. The van der Waals surface area contributed by atoms with E-state index in [1.165, 1.54) is 23.2 Å². The smallest absolute Gasteiger partial charge is 0.140 e. The van der Waals surface area contributed by atoms with E-state index in [1.54, 1.807) is 18.2 Å². The molecule has 5 aliphatic heterocycles. The first-order valence-corrected chi connectivity index (χ1v) is 16.0. The first kappa shape index (κ1) is 29.3. The summed E-state index contributed by atoms with van der Waals surface area (Å²) in [6, 6.07) is 12.6. The molecule has 5 heterocycles. The molecule has 0 radical (unpaired) electrons. The molecule has 2 aromatic rings. The number of anilines is 2. The molecular weight excluding hydrogens is 572 g/mol. The minimum absolute atomic E-state index is 0.00162. The number of benzene rings is 2. The SMILES string of the molecule is CCN(C)c1ccc2c(c1)O/C(=C\C1=CC(=C(C#N)C#N)C=C(/C=C3\C=C(C)c4cc5c6c(c4O3)CCCN6CCC5)O1)C=C2C. The van der Waals surface area contributed by atoms with Gasteiger partial charge in [0.25, 0.3) is 0 Å². The van der Waals surface area contributed by atoms with Crippen LogP contribution < -0.4 is 19.3 Å². The van der Waals surface area contributed by atoms with Gasteiger partial charge in [0, 0.05) is 78.5 Å². The van der Waals surface area contributed by atoms with Crippen LogP contribution >= 0.6 is 0 Å². The van der Waals surface area contributed by atoms with E-state index in [9.17, 15) is 10.5 Å². The average molecular weight is 609 g/mol. The Balaban J connectivity index is 1.23. The average Bonchev–Trinajstić information content (AvgIpc) is 3.05. The number of rotatable bonds is 4. The lowest BCUT2D eigenvalue weighted by atomic mass is 9.86. The van der Waals surface area contributed by atoms with E-state index < -0.39 is 0 Å². The quantitative estimate of drug-likeness (QED) is 0.325. The second kappa shape index (κ2) is 11.8. The molecule has 46 heavy (non-hydrogen) atoms. The van der Waals surface area contributed by atoms with Crippen LogP contribution in [-0.4, -0.2) is 26.7 Å². The van der Waals surface area contributed by atoms with Crippen LogP contribution in [-0.2, 0) is 17.6 Å². The van der Waals surface area contributed by atoms with Gasteiger partial charge in [-0.2, -0.15) is 10.5 Å². The molecule has 2 aromatic carbocycles. The molecule has 0 saturated heterocycles. The summed E-state index contributed by atoms with van der Waals surface area (Å²) in [5, 5.41) is 19.4. The highest BCUT2D eigenvalue weighted by atomic mass is 16.5. The Labute approximate surface area is 270 Å². The first-order chi connectivity index (χ1) is 22.3. The van der Waals surface area contributed by atoms with Crippen molar-refractivity contribution >= 4 is 22.5 Å². The first-order valence-electron chi connectivity index (χ1n) is 16.0. The maximum absolute atomic E-state index is 9.72. The van der Waals surface area contributed by atoms with Gasteiger partial charge in [0.05, 0.1) is 0 Å². The molecule has 7 rings (SSSR count). The summed E-state index contributed by atoms with van der Waals surface area (Å²) in [5.74, 6) is 3.86. The highest BCUT2D eigenvalue weighted by Gasteiger charge is 2.31. The van der Waals surface area contributed by atoms with Crippen molar-refractivity contribution in [2.24, 2.45) is 0 Å². The van der Waals surface area contributed by atoms with Gasteiger partial charge in [-0.3, -0.25) is 0 Å². The van der Waals surface area contributed by atoms with Gasteiger partial charge in [0.1, 0.15) is 52.2 Å². The Morgan fingerprint density at radius 1 is 0.870 bits per heavy atom. The van der Waals surface area contributed by atoms with Crippen LogP contribution in [0.15, 0.2) is 94.9 Å². The zero-order chi connectivity index (χ0) is 31.9. The van der Waals surface area contributed by atoms with E-state index in [4.69, 9.17) is 14.2 Å².